The molecule has 518 valence electrons. The maximum Gasteiger partial charge on any atom is 0.407 e. The number of para-hydroxylation sites is 1. The number of unbranched alkanes of at least 4 members (excludes halogenated alkanes) is 2. The third-order valence-electron chi connectivity index (χ3n) is 20.7. The molecule has 24 heteroatoms. The number of fused-ring (bicyclic) bond motifs is 2. The number of pyridine rings is 1. The molecule has 1 saturated heterocycles. The van der Waals surface area contributed by atoms with Crippen LogP contribution in [0.2, 0.25) is 0 Å². The summed E-state index contributed by atoms with van der Waals surface area (Å²) in [5, 5.41) is 28.1. The fourth-order valence-electron chi connectivity index (χ4n) is 17.2. The number of anilines is 4. The van der Waals surface area contributed by atoms with Gasteiger partial charge in [0, 0.05) is 111 Å². The number of carboxylic acids is 1. The van der Waals surface area contributed by atoms with Gasteiger partial charge in [0.2, 0.25) is 11.8 Å². The number of aromatic nitrogens is 4. The van der Waals surface area contributed by atoms with Crippen LogP contribution in [0.1, 0.15) is 155 Å². The highest BCUT2D eigenvalue weighted by Crippen LogP contribution is 2.72. The first-order valence-corrected chi connectivity index (χ1v) is 35.1. The Morgan fingerprint density at radius 3 is 2.30 bits per heavy atom. The molecule has 5 fully saturated rings. The van der Waals surface area contributed by atoms with Crippen LogP contribution in [0.4, 0.5) is 27.1 Å². The smallest absolute Gasteiger partial charge is 0.407 e. The van der Waals surface area contributed by atoms with Crippen LogP contribution in [0.15, 0.2) is 91.1 Å². The lowest BCUT2D eigenvalue weighted by molar-refractivity contribution is -0.250. The zero-order valence-electron chi connectivity index (χ0n) is 57.0. The van der Waals surface area contributed by atoms with E-state index < -0.39 is 24.0 Å². The highest BCUT2D eigenvalue weighted by Gasteiger charge is 2.66. The molecule has 0 spiro atoms. The van der Waals surface area contributed by atoms with Crippen molar-refractivity contribution < 1.29 is 57.7 Å². The molecule has 0 radical (unpaired) electrons. The van der Waals surface area contributed by atoms with Crippen LogP contribution in [-0.4, -0.2) is 141 Å². The molecule has 23 nitrogen and oxygen atoms in total. The summed E-state index contributed by atoms with van der Waals surface area (Å²) in [4.78, 5) is 119. The second-order valence-corrected chi connectivity index (χ2v) is 30.3. The first-order valence-electron chi connectivity index (χ1n) is 34.3. The van der Waals surface area contributed by atoms with E-state index in [2.05, 4.69) is 50.8 Å². The molecule has 3 aromatic carbocycles. The molecule has 98 heavy (non-hydrogen) atoms. The van der Waals surface area contributed by atoms with E-state index in [0.29, 0.717) is 98.3 Å². The van der Waals surface area contributed by atoms with Crippen LogP contribution in [0.25, 0.3) is 21.3 Å². The van der Waals surface area contributed by atoms with Crippen LogP contribution < -0.4 is 31.1 Å². The Labute approximate surface area is 574 Å². The van der Waals surface area contributed by atoms with Gasteiger partial charge >= 0.3 is 12.1 Å². The van der Waals surface area contributed by atoms with E-state index in [1.807, 2.05) is 68.1 Å². The number of nitrogens with one attached hydrogen (secondary N) is 4. The third kappa shape index (κ3) is 15.4. The van der Waals surface area contributed by atoms with Crippen LogP contribution in [-0.2, 0) is 64.3 Å². The van der Waals surface area contributed by atoms with Crippen molar-refractivity contribution in [1.29, 1.82) is 0 Å². The van der Waals surface area contributed by atoms with Crippen LogP contribution >= 0.6 is 11.3 Å². The van der Waals surface area contributed by atoms with Crippen molar-refractivity contribution in [3.8, 4) is 11.1 Å². The van der Waals surface area contributed by atoms with Crippen molar-refractivity contribution in [3.05, 3.63) is 125 Å². The average Bonchev–Trinajstić information content (AvgIpc) is 0.720. The molecular weight excluding hydrogens is 1270 g/mol. The van der Waals surface area contributed by atoms with Gasteiger partial charge < -0.3 is 45.1 Å². The number of rotatable bonds is 28. The molecule has 4 bridgehead atoms. The molecule has 2 unspecified atom stereocenters. The number of nitrogens with zero attached hydrogens (tertiary/aromatic N) is 7. The number of alkyl carbamates (subject to hydrolysis) is 1. The van der Waals surface area contributed by atoms with E-state index in [1.54, 1.807) is 44.5 Å². The summed E-state index contributed by atoms with van der Waals surface area (Å²) in [6.45, 7) is 16.1. The highest BCUT2D eigenvalue weighted by molar-refractivity contribution is 7.22. The molecule has 3 aromatic heterocycles. The molecule has 4 saturated carbocycles. The minimum Gasteiger partial charge on any atom is -0.476 e. The number of thiazole rings is 1. The summed E-state index contributed by atoms with van der Waals surface area (Å²) in [7, 11) is 1.71. The van der Waals surface area contributed by atoms with E-state index in [4.69, 9.17) is 29.3 Å². The van der Waals surface area contributed by atoms with Crippen molar-refractivity contribution in [2.45, 2.75) is 162 Å². The molecule has 5 N–H and O–H groups in total. The molecule has 7 aliphatic rings. The second-order valence-electron chi connectivity index (χ2n) is 29.3. The van der Waals surface area contributed by atoms with E-state index in [-0.39, 0.29) is 107 Å². The number of ketones is 1. The average molecular weight is 1360 g/mol. The number of hydrogen-bond acceptors (Lipinski definition) is 17. The topological polar surface area (TPSA) is 286 Å². The molecule has 6 aromatic rings. The normalized spacial score (nSPS) is 22.9. The SMILES string of the molecule is COCCOC12CC3(C)CC(C)(CC(Cn4ncc(-c5ccc(N6CCc7cc(N8CC[C@@H](NC(=O)OCc9ccc(NC(=O)[C@H](C)CC(=O)[C@@H](NC(=O)CCCCCN%10C(=O)C=CC%10=O)C(C)C)cc9)C8)cc(C(=O)Nc8nc9ccccc9s8)c7C6)nc5C(=O)O)c4C)(C3)C1)C2. The van der Waals surface area contributed by atoms with Crippen LogP contribution in [0.5, 0.6) is 0 Å². The number of imide groups is 1. The first kappa shape index (κ1) is 69.0. The summed E-state index contributed by atoms with van der Waals surface area (Å²) in [5.41, 5.74) is 7.10. The van der Waals surface area contributed by atoms with Gasteiger partial charge in [-0.05, 0) is 159 Å². The lowest BCUT2D eigenvalue weighted by atomic mass is 9.39. The zero-order chi connectivity index (χ0) is 69.3. The fraction of sp³-hybridized carbons (Fsp3) is 0.500. The van der Waals surface area contributed by atoms with E-state index >= 15 is 0 Å². The predicted molar refractivity (Wildman–Crippen MR) is 372 cm³/mol. The molecule has 3 aliphatic heterocycles. The maximum absolute atomic E-state index is 14.7. The van der Waals surface area contributed by atoms with Gasteiger partial charge in [-0.3, -0.25) is 43.7 Å². The second kappa shape index (κ2) is 28.5. The van der Waals surface area contributed by atoms with Gasteiger partial charge in [0.15, 0.2) is 16.6 Å². The van der Waals surface area contributed by atoms with Gasteiger partial charge in [-0.15, -0.1) is 0 Å². The quantitative estimate of drug-likeness (QED) is 0.0225. The van der Waals surface area contributed by atoms with E-state index in [0.717, 1.165) is 76.9 Å². The minimum atomic E-state index is -1.15. The Balaban J connectivity index is 0.658. The molecule has 6 heterocycles. The molecule has 5 atom stereocenters. The molecule has 6 amide bonds. The number of carbonyl (C=O) groups is 8. The maximum atomic E-state index is 14.7. The van der Waals surface area contributed by atoms with Crippen LogP contribution in [0.3, 0.4) is 0 Å². The van der Waals surface area contributed by atoms with Gasteiger partial charge in [0.05, 0.1) is 47.3 Å². The van der Waals surface area contributed by atoms with Gasteiger partial charge in [0.1, 0.15) is 12.4 Å². The number of hydrogen-bond donors (Lipinski definition) is 5. The van der Waals surface area contributed by atoms with Gasteiger partial charge in [-0.25, -0.2) is 19.6 Å². The number of methoxy groups -OCH3 is 1. The predicted octanol–water partition coefficient (Wildman–Crippen LogP) is 10.8. The fourth-order valence-corrected chi connectivity index (χ4v) is 18.1. The standard InChI is InChI=1S/C74H89N11O12S/c1-45(2)64(80-61(87)15-9-8-12-26-84-62(88)22-23-63(84)89)58(86)31-46(3)66(90)76-50-18-16-48(17-19-50)37-96-70(94)77-51-25-28-82(35-51)52-32-49-24-27-83(36-56(49)54(33-52)67(91)81-69-78-57-13-10-11-14-59(57)98-69)60-21-20-53(65(79-60)68(92)93)55-34-75-85(47(55)4)44-73-39-71(5)38-72(6,40-73)42-74(41-71,43-73)97-30-29-95-7/h10-11,13-14,16-23,32-34,45-46,51,64H,8-9,12,15,24-31,35-44H2,1-7H3,(H,76,90)(H,77,94)(H,80,87)(H,92,93)(H,78,81,91)/t46-,51-,64+,71?,72?,73?,74?/m1/s1. The molecule has 4 aliphatic carbocycles. The Bertz CT molecular complexity index is 4040. The van der Waals surface area contributed by atoms with Gasteiger partial charge in [-0.1, -0.05) is 76.6 Å². The lowest BCUT2D eigenvalue weighted by Crippen LogP contribution is -2.64. The summed E-state index contributed by atoms with van der Waals surface area (Å²) >= 11 is 1.39. The van der Waals surface area contributed by atoms with E-state index in [9.17, 15) is 43.5 Å². The number of ether oxygens (including phenoxy) is 3. The van der Waals surface area contributed by atoms with Crippen molar-refractivity contribution in [3.63, 3.8) is 0 Å². The summed E-state index contributed by atoms with van der Waals surface area (Å²) < 4.78 is 20.8. The summed E-state index contributed by atoms with van der Waals surface area (Å²) in [6.07, 6.45) is 13.0. The Morgan fingerprint density at radius 2 is 1.57 bits per heavy atom. The highest BCUT2D eigenvalue weighted by atomic mass is 32.1. The first-order chi connectivity index (χ1) is 46.9. The number of benzene rings is 3. The number of aromatic carboxylic acids is 1. The Kier molecular flexibility index (Phi) is 20.1. The minimum absolute atomic E-state index is 0.0196. The monoisotopic (exact) mass is 1360 g/mol. The Morgan fingerprint density at radius 1 is 0.816 bits per heavy atom. The van der Waals surface area contributed by atoms with Crippen molar-refractivity contribution >= 4 is 91.3 Å². The van der Waals surface area contributed by atoms with Crippen molar-refractivity contribution in [2.24, 2.45) is 28.1 Å². The van der Waals surface area contributed by atoms with Gasteiger partial charge in [0.25, 0.3) is 17.7 Å². The number of carboxylic acid groups (broad SMARTS) is 1. The van der Waals surface area contributed by atoms with E-state index in [1.165, 1.54) is 34.8 Å². The van der Waals surface area contributed by atoms with Crippen molar-refractivity contribution in [1.82, 2.24) is 35.3 Å². The largest absolute Gasteiger partial charge is 0.476 e. The Hall–Kier alpha value is -8.87. The van der Waals surface area contributed by atoms with Crippen molar-refractivity contribution in [2.75, 3.05) is 66.9 Å². The van der Waals surface area contributed by atoms with Gasteiger partial charge in [-0.2, -0.15) is 5.10 Å². The summed E-state index contributed by atoms with van der Waals surface area (Å²) in [6, 6.07) is 21.2. The van der Waals surface area contributed by atoms with Crippen LogP contribution in [0, 0.1) is 35.0 Å². The number of amides is 6. The number of Topliss-reactive ketones (excluding diaryl/α,β-unsaturated/α-hetero) is 1. The molecular formula is C74H89N11O12S. The number of carbonyl (C=O) groups excluding carboxylic acids is 7. The zero-order valence-corrected chi connectivity index (χ0v) is 57.8. The lowest BCUT2D eigenvalue weighted by Gasteiger charge is -2.69. The summed E-state index contributed by atoms with van der Waals surface area (Å²) in [5.74, 6) is -3.50. The molecule has 13 rings (SSSR count). The third-order valence-corrected chi connectivity index (χ3v) is 21.6.